The fourth-order valence-electron chi connectivity index (χ4n) is 4.00. The van der Waals surface area contributed by atoms with Gasteiger partial charge in [-0.2, -0.15) is 0 Å². The fraction of sp³-hybridized carbons (Fsp3) is 0.381. The SMILES string of the molecule is O=C(Nc1ccc2c(c1)oc1ccccc12)NC1CCN(C2CC2)CC1. The largest absolute Gasteiger partial charge is 0.456 e. The number of fused-ring (bicyclic) bond motifs is 3. The van der Waals surface area contributed by atoms with Crippen molar-refractivity contribution in [2.75, 3.05) is 18.4 Å². The van der Waals surface area contributed by atoms with Crippen molar-refractivity contribution >= 4 is 33.7 Å². The van der Waals surface area contributed by atoms with Crippen molar-refractivity contribution in [1.29, 1.82) is 0 Å². The molecule has 1 aliphatic heterocycles. The molecule has 0 radical (unpaired) electrons. The second kappa shape index (κ2) is 6.32. The molecule has 1 saturated carbocycles. The van der Waals surface area contributed by atoms with Crippen LogP contribution in [0.5, 0.6) is 0 Å². The standard InChI is InChI=1S/C21H23N3O2/c25-21(22-14-9-11-24(12-10-14)16-6-7-16)23-15-5-8-18-17-3-1-2-4-19(17)26-20(18)13-15/h1-5,8,13-14,16H,6-7,9-12H2,(H2,22,23,25). The van der Waals surface area contributed by atoms with Crippen LogP contribution in [0.3, 0.4) is 0 Å². The number of benzene rings is 2. The number of urea groups is 1. The topological polar surface area (TPSA) is 57.5 Å². The summed E-state index contributed by atoms with van der Waals surface area (Å²) in [6.07, 6.45) is 4.77. The Morgan fingerprint density at radius 1 is 0.962 bits per heavy atom. The molecule has 0 bridgehead atoms. The minimum absolute atomic E-state index is 0.134. The predicted octanol–water partition coefficient (Wildman–Crippen LogP) is 4.33. The highest BCUT2D eigenvalue weighted by molar-refractivity contribution is 6.06. The Morgan fingerprint density at radius 2 is 1.73 bits per heavy atom. The zero-order valence-corrected chi connectivity index (χ0v) is 14.7. The maximum atomic E-state index is 12.4. The number of para-hydroxylation sites is 1. The molecule has 2 amide bonds. The van der Waals surface area contributed by atoms with Crippen molar-refractivity contribution in [2.45, 2.75) is 37.8 Å². The first kappa shape index (κ1) is 15.7. The van der Waals surface area contributed by atoms with Crippen LogP contribution >= 0.6 is 0 Å². The molecule has 1 aromatic heterocycles. The first-order valence-corrected chi connectivity index (χ1v) is 9.49. The molecule has 134 valence electrons. The number of furan rings is 1. The Balaban J connectivity index is 1.24. The van der Waals surface area contributed by atoms with Crippen LogP contribution in [0.25, 0.3) is 21.9 Å². The number of likely N-dealkylation sites (tertiary alicyclic amines) is 1. The maximum Gasteiger partial charge on any atom is 0.319 e. The summed E-state index contributed by atoms with van der Waals surface area (Å²) in [6.45, 7) is 2.20. The number of carbonyl (C=O) groups excluding carboxylic acids is 1. The Kier molecular flexibility index (Phi) is 3.82. The average molecular weight is 349 g/mol. The van der Waals surface area contributed by atoms with Crippen LogP contribution in [0.4, 0.5) is 10.5 Å². The van der Waals surface area contributed by atoms with Gasteiger partial charge in [0.15, 0.2) is 0 Å². The summed E-state index contributed by atoms with van der Waals surface area (Å²) in [5.41, 5.74) is 2.41. The van der Waals surface area contributed by atoms with Crippen molar-refractivity contribution in [3.05, 3.63) is 42.5 Å². The summed E-state index contributed by atoms with van der Waals surface area (Å²) in [7, 11) is 0. The minimum Gasteiger partial charge on any atom is -0.456 e. The predicted molar refractivity (Wildman–Crippen MR) is 103 cm³/mol. The Bertz CT molecular complexity index is 952. The number of anilines is 1. The third-order valence-electron chi connectivity index (χ3n) is 5.56. The number of piperidine rings is 1. The molecule has 2 N–H and O–H groups in total. The number of nitrogens with one attached hydrogen (secondary N) is 2. The average Bonchev–Trinajstić information content (AvgIpc) is 3.43. The molecule has 0 spiro atoms. The lowest BCUT2D eigenvalue weighted by Gasteiger charge is -2.32. The van der Waals surface area contributed by atoms with E-state index in [4.69, 9.17) is 4.42 Å². The third kappa shape index (κ3) is 3.03. The molecule has 3 aromatic rings. The van der Waals surface area contributed by atoms with E-state index in [0.717, 1.165) is 59.6 Å². The van der Waals surface area contributed by atoms with Crippen molar-refractivity contribution < 1.29 is 9.21 Å². The van der Waals surface area contributed by atoms with E-state index < -0.39 is 0 Å². The number of hydrogen-bond acceptors (Lipinski definition) is 3. The van der Waals surface area contributed by atoms with Crippen LogP contribution in [-0.2, 0) is 0 Å². The van der Waals surface area contributed by atoms with Gasteiger partial charge >= 0.3 is 6.03 Å². The molecular formula is C21H23N3O2. The lowest BCUT2D eigenvalue weighted by atomic mass is 10.1. The molecule has 0 atom stereocenters. The second-order valence-electron chi connectivity index (χ2n) is 7.45. The van der Waals surface area contributed by atoms with Gasteiger partial charge in [0.1, 0.15) is 11.2 Å². The van der Waals surface area contributed by atoms with E-state index in [-0.39, 0.29) is 12.1 Å². The van der Waals surface area contributed by atoms with Gasteiger partial charge in [-0.15, -0.1) is 0 Å². The Hall–Kier alpha value is -2.53. The molecule has 5 heteroatoms. The van der Waals surface area contributed by atoms with Crippen molar-refractivity contribution in [2.24, 2.45) is 0 Å². The van der Waals surface area contributed by atoms with E-state index in [9.17, 15) is 4.79 Å². The first-order valence-electron chi connectivity index (χ1n) is 9.49. The molecule has 0 unspecified atom stereocenters. The molecule has 2 aromatic carbocycles. The van der Waals surface area contributed by atoms with Crippen molar-refractivity contribution in [3.8, 4) is 0 Å². The van der Waals surface area contributed by atoms with Gasteiger partial charge in [-0.1, -0.05) is 18.2 Å². The van der Waals surface area contributed by atoms with Gasteiger partial charge in [0.2, 0.25) is 0 Å². The Labute approximate surface area is 152 Å². The van der Waals surface area contributed by atoms with Gasteiger partial charge in [-0.25, -0.2) is 4.79 Å². The number of hydrogen-bond donors (Lipinski definition) is 2. The molecule has 2 heterocycles. The Morgan fingerprint density at radius 3 is 2.54 bits per heavy atom. The first-order chi connectivity index (χ1) is 12.8. The van der Waals surface area contributed by atoms with Crippen LogP contribution in [0.15, 0.2) is 46.9 Å². The number of amides is 2. The molecule has 26 heavy (non-hydrogen) atoms. The highest BCUT2D eigenvalue weighted by Gasteiger charge is 2.32. The highest BCUT2D eigenvalue weighted by Crippen LogP contribution is 2.31. The van der Waals surface area contributed by atoms with E-state index in [1.54, 1.807) is 0 Å². The summed E-state index contributed by atoms with van der Waals surface area (Å²) in [6, 6.07) is 14.8. The minimum atomic E-state index is -0.134. The monoisotopic (exact) mass is 349 g/mol. The fourth-order valence-corrected chi connectivity index (χ4v) is 4.00. The van der Waals surface area contributed by atoms with Crippen LogP contribution in [0, 0.1) is 0 Å². The van der Waals surface area contributed by atoms with Crippen LogP contribution in [0.1, 0.15) is 25.7 Å². The highest BCUT2D eigenvalue weighted by atomic mass is 16.3. The van der Waals surface area contributed by atoms with Crippen molar-refractivity contribution in [3.63, 3.8) is 0 Å². The quantitative estimate of drug-likeness (QED) is 0.740. The zero-order chi connectivity index (χ0) is 17.5. The lowest BCUT2D eigenvalue weighted by Crippen LogP contribution is -2.46. The number of nitrogens with zero attached hydrogens (tertiary/aromatic N) is 1. The number of carbonyl (C=O) groups is 1. The molecule has 5 rings (SSSR count). The van der Waals surface area contributed by atoms with Crippen LogP contribution in [0.2, 0.25) is 0 Å². The molecular weight excluding hydrogens is 326 g/mol. The van der Waals surface area contributed by atoms with Gasteiger partial charge in [-0.3, -0.25) is 0 Å². The molecule has 5 nitrogen and oxygen atoms in total. The normalized spacial score (nSPS) is 19.1. The molecule has 1 aliphatic carbocycles. The van der Waals surface area contributed by atoms with E-state index >= 15 is 0 Å². The molecule has 2 aliphatic rings. The molecule has 1 saturated heterocycles. The summed E-state index contributed by atoms with van der Waals surface area (Å²) in [4.78, 5) is 14.9. The number of rotatable bonds is 3. The van der Waals surface area contributed by atoms with Gasteiger partial charge in [0.25, 0.3) is 0 Å². The summed E-state index contributed by atoms with van der Waals surface area (Å²) in [5.74, 6) is 0. The van der Waals surface area contributed by atoms with Gasteiger partial charge in [0, 0.05) is 47.7 Å². The molecule has 2 fully saturated rings. The van der Waals surface area contributed by atoms with Gasteiger partial charge in [-0.05, 0) is 43.9 Å². The summed E-state index contributed by atoms with van der Waals surface area (Å²) < 4.78 is 5.89. The second-order valence-corrected chi connectivity index (χ2v) is 7.45. The lowest BCUT2D eigenvalue weighted by molar-refractivity contribution is 0.189. The van der Waals surface area contributed by atoms with E-state index in [2.05, 4.69) is 21.6 Å². The third-order valence-corrected chi connectivity index (χ3v) is 5.56. The van der Waals surface area contributed by atoms with Gasteiger partial charge in [0.05, 0.1) is 0 Å². The zero-order valence-electron chi connectivity index (χ0n) is 14.7. The van der Waals surface area contributed by atoms with E-state index in [1.165, 1.54) is 12.8 Å². The van der Waals surface area contributed by atoms with Crippen molar-refractivity contribution in [1.82, 2.24) is 10.2 Å². The summed E-state index contributed by atoms with van der Waals surface area (Å²) in [5, 5.41) is 8.23. The van der Waals surface area contributed by atoms with Crippen LogP contribution < -0.4 is 10.6 Å². The summed E-state index contributed by atoms with van der Waals surface area (Å²) >= 11 is 0. The van der Waals surface area contributed by atoms with Crippen LogP contribution in [-0.4, -0.2) is 36.1 Å². The van der Waals surface area contributed by atoms with Gasteiger partial charge < -0.3 is 20.0 Å². The smallest absolute Gasteiger partial charge is 0.319 e. The van der Waals surface area contributed by atoms with E-state index in [0.29, 0.717) is 0 Å². The maximum absolute atomic E-state index is 12.4. The van der Waals surface area contributed by atoms with E-state index in [1.807, 2.05) is 36.4 Å².